The molecule has 0 radical (unpaired) electrons. The van der Waals surface area contributed by atoms with Crippen LogP contribution in [0.2, 0.25) is 0 Å². The molecule has 1 unspecified atom stereocenters. The van der Waals surface area contributed by atoms with E-state index in [-0.39, 0.29) is 0 Å². The summed E-state index contributed by atoms with van der Waals surface area (Å²) in [6.45, 7) is 3.43. The Bertz CT molecular complexity index is 430. The second kappa shape index (κ2) is 5.89. The molecule has 0 aliphatic heterocycles. The van der Waals surface area contributed by atoms with Crippen LogP contribution in [0.4, 0.5) is 0 Å². The molecule has 1 aromatic carbocycles. The van der Waals surface area contributed by atoms with Crippen molar-refractivity contribution in [2.45, 2.75) is 26.4 Å². The molecule has 0 saturated carbocycles. The zero-order valence-electron chi connectivity index (χ0n) is 9.88. The number of hydrogen-bond donors (Lipinski definition) is 2. The first-order valence-electron chi connectivity index (χ1n) is 5.36. The lowest BCUT2D eigenvalue weighted by atomic mass is 10.1. The molecule has 0 aliphatic rings. The van der Waals surface area contributed by atoms with Crippen molar-refractivity contribution in [2.75, 3.05) is 0 Å². The Morgan fingerprint density at radius 1 is 1.53 bits per heavy atom. The molecule has 1 rings (SSSR count). The van der Waals surface area contributed by atoms with E-state index in [4.69, 9.17) is 15.7 Å². The van der Waals surface area contributed by atoms with Crippen LogP contribution in [-0.2, 0) is 4.79 Å². The number of ether oxygens (including phenoxy) is 1. The highest BCUT2D eigenvalue weighted by Crippen LogP contribution is 2.21. The van der Waals surface area contributed by atoms with Gasteiger partial charge in [0, 0.05) is 5.56 Å². The van der Waals surface area contributed by atoms with Gasteiger partial charge in [-0.3, -0.25) is 4.79 Å². The van der Waals surface area contributed by atoms with E-state index in [0.717, 1.165) is 0 Å². The Morgan fingerprint density at radius 3 is 2.71 bits per heavy atom. The zero-order valence-corrected chi connectivity index (χ0v) is 9.88. The topological polar surface area (TPSA) is 84.9 Å². The van der Waals surface area contributed by atoms with Crippen molar-refractivity contribution in [1.82, 2.24) is 0 Å². The number of carbonyl (C=O) groups excluding carboxylic acids is 1. The van der Waals surface area contributed by atoms with Gasteiger partial charge >= 0.3 is 0 Å². The van der Waals surface area contributed by atoms with Crippen LogP contribution >= 0.6 is 0 Å². The Labute approximate surface area is 99.9 Å². The van der Waals surface area contributed by atoms with Gasteiger partial charge in [0.2, 0.25) is 0 Å². The van der Waals surface area contributed by atoms with Crippen molar-refractivity contribution in [3.63, 3.8) is 0 Å². The normalized spacial score (nSPS) is 13.2. The lowest BCUT2D eigenvalue weighted by Gasteiger charge is -2.14. The molecule has 1 amide bonds. The van der Waals surface area contributed by atoms with Crippen LogP contribution in [0.5, 0.6) is 5.75 Å². The molecule has 5 heteroatoms. The molecule has 17 heavy (non-hydrogen) atoms. The number of benzene rings is 1. The first kappa shape index (κ1) is 13.0. The fourth-order valence-corrected chi connectivity index (χ4v) is 1.37. The third-order valence-electron chi connectivity index (χ3n) is 2.36. The van der Waals surface area contributed by atoms with Gasteiger partial charge in [-0.25, -0.2) is 0 Å². The van der Waals surface area contributed by atoms with E-state index in [9.17, 15) is 4.79 Å². The van der Waals surface area contributed by atoms with Gasteiger partial charge in [-0.05, 0) is 25.5 Å². The summed E-state index contributed by atoms with van der Waals surface area (Å²) in [6.07, 6.45) is -0.171. The number of rotatable bonds is 5. The predicted molar refractivity (Wildman–Crippen MR) is 64.3 cm³/mol. The standard InChI is InChI=1S/C12H16N2O3/c1-3-10(14-16)9-6-4-5-7-11(9)17-8(2)12(13)15/h4-8,16H,3H2,1-2H3,(H2,13,15)/b14-10+. The number of hydrogen-bond acceptors (Lipinski definition) is 4. The van der Waals surface area contributed by atoms with Gasteiger partial charge in [0.1, 0.15) is 5.75 Å². The van der Waals surface area contributed by atoms with Crippen molar-refractivity contribution in [2.24, 2.45) is 10.9 Å². The molecule has 92 valence electrons. The number of amides is 1. The van der Waals surface area contributed by atoms with E-state index in [1.807, 2.05) is 6.92 Å². The Morgan fingerprint density at radius 2 is 2.18 bits per heavy atom. The maximum atomic E-state index is 10.9. The SMILES string of the molecule is CC/C(=N\O)c1ccccc1OC(C)C(N)=O. The average molecular weight is 236 g/mol. The third kappa shape index (κ3) is 3.21. The monoisotopic (exact) mass is 236 g/mol. The molecular weight excluding hydrogens is 220 g/mol. The molecule has 0 bridgehead atoms. The van der Waals surface area contributed by atoms with Crippen LogP contribution in [0, 0.1) is 0 Å². The lowest BCUT2D eigenvalue weighted by Crippen LogP contribution is -2.31. The van der Waals surface area contributed by atoms with Crippen LogP contribution in [0.3, 0.4) is 0 Å². The van der Waals surface area contributed by atoms with Gasteiger partial charge in [-0.1, -0.05) is 24.2 Å². The van der Waals surface area contributed by atoms with E-state index >= 15 is 0 Å². The van der Waals surface area contributed by atoms with Gasteiger partial charge in [-0.15, -0.1) is 0 Å². The summed E-state index contributed by atoms with van der Waals surface area (Å²) in [4.78, 5) is 10.9. The first-order chi connectivity index (χ1) is 8.10. The minimum atomic E-state index is -0.729. The summed E-state index contributed by atoms with van der Waals surface area (Å²) in [5.74, 6) is -0.0627. The molecule has 0 heterocycles. The highest BCUT2D eigenvalue weighted by atomic mass is 16.5. The highest BCUT2D eigenvalue weighted by molar-refractivity contribution is 6.02. The van der Waals surface area contributed by atoms with Crippen molar-refractivity contribution in [3.8, 4) is 5.75 Å². The summed E-state index contributed by atoms with van der Waals surface area (Å²) in [7, 11) is 0. The zero-order chi connectivity index (χ0) is 12.8. The van der Waals surface area contributed by atoms with Gasteiger partial charge < -0.3 is 15.7 Å². The number of nitrogens with two attached hydrogens (primary N) is 1. The summed E-state index contributed by atoms with van der Waals surface area (Å²) < 4.78 is 5.43. The number of nitrogens with zero attached hydrogens (tertiary/aromatic N) is 1. The molecule has 1 aromatic rings. The molecule has 0 aliphatic carbocycles. The number of para-hydroxylation sites is 1. The predicted octanol–water partition coefficient (Wildman–Crippen LogP) is 1.53. The largest absolute Gasteiger partial charge is 0.480 e. The van der Waals surface area contributed by atoms with Crippen molar-refractivity contribution in [3.05, 3.63) is 29.8 Å². The maximum Gasteiger partial charge on any atom is 0.258 e. The molecule has 5 nitrogen and oxygen atoms in total. The molecule has 0 fully saturated rings. The molecule has 1 atom stereocenters. The van der Waals surface area contributed by atoms with E-state index in [0.29, 0.717) is 23.4 Å². The number of carbonyl (C=O) groups is 1. The van der Waals surface area contributed by atoms with Gasteiger partial charge in [-0.2, -0.15) is 0 Å². The van der Waals surface area contributed by atoms with Crippen molar-refractivity contribution < 1.29 is 14.7 Å². The Hall–Kier alpha value is -2.04. The van der Waals surface area contributed by atoms with Crippen LogP contribution in [0.15, 0.2) is 29.4 Å². The van der Waals surface area contributed by atoms with Crippen LogP contribution in [-0.4, -0.2) is 22.9 Å². The maximum absolute atomic E-state index is 10.9. The summed E-state index contributed by atoms with van der Waals surface area (Å²) in [5.41, 5.74) is 6.29. The Kier molecular flexibility index (Phi) is 4.51. The molecule has 0 aromatic heterocycles. The number of primary amides is 1. The second-order valence-electron chi connectivity index (χ2n) is 3.56. The average Bonchev–Trinajstić information content (AvgIpc) is 2.32. The van der Waals surface area contributed by atoms with E-state index in [2.05, 4.69) is 5.16 Å². The first-order valence-corrected chi connectivity index (χ1v) is 5.36. The van der Waals surface area contributed by atoms with Gasteiger partial charge in [0.05, 0.1) is 5.71 Å². The minimum Gasteiger partial charge on any atom is -0.480 e. The summed E-state index contributed by atoms with van der Waals surface area (Å²) >= 11 is 0. The van der Waals surface area contributed by atoms with E-state index in [1.54, 1.807) is 31.2 Å². The molecule has 0 spiro atoms. The molecular formula is C12H16N2O3. The summed E-state index contributed by atoms with van der Waals surface area (Å²) in [5, 5.41) is 12.1. The minimum absolute atomic E-state index is 0.480. The van der Waals surface area contributed by atoms with Crippen molar-refractivity contribution >= 4 is 11.6 Å². The van der Waals surface area contributed by atoms with Crippen LogP contribution in [0.1, 0.15) is 25.8 Å². The smallest absolute Gasteiger partial charge is 0.258 e. The van der Waals surface area contributed by atoms with Crippen molar-refractivity contribution in [1.29, 1.82) is 0 Å². The highest BCUT2D eigenvalue weighted by Gasteiger charge is 2.15. The van der Waals surface area contributed by atoms with E-state index < -0.39 is 12.0 Å². The molecule has 3 N–H and O–H groups in total. The van der Waals surface area contributed by atoms with Gasteiger partial charge in [0.15, 0.2) is 6.10 Å². The second-order valence-corrected chi connectivity index (χ2v) is 3.56. The van der Waals surface area contributed by atoms with Gasteiger partial charge in [0.25, 0.3) is 5.91 Å². The summed E-state index contributed by atoms with van der Waals surface area (Å²) in [6, 6.07) is 7.05. The van der Waals surface area contributed by atoms with Crippen LogP contribution < -0.4 is 10.5 Å². The lowest BCUT2D eigenvalue weighted by molar-refractivity contribution is -0.123. The fourth-order valence-electron chi connectivity index (χ4n) is 1.37. The van der Waals surface area contributed by atoms with E-state index in [1.165, 1.54) is 0 Å². The number of oxime groups is 1. The van der Waals surface area contributed by atoms with Crippen LogP contribution in [0.25, 0.3) is 0 Å². The Balaban J connectivity index is 3.04. The quantitative estimate of drug-likeness (QED) is 0.462. The fraction of sp³-hybridized carbons (Fsp3) is 0.333. The molecule has 0 saturated heterocycles. The third-order valence-corrected chi connectivity index (χ3v) is 2.36.